The number of H-pyrrole nitrogens is 1. The maximum Gasteiger partial charge on any atom is 0.193 e. The second-order valence-electron chi connectivity index (χ2n) is 2.73. The van der Waals surface area contributed by atoms with Gasteiger partial charge >= 0.3 is 0 Å². The molecule has 72 valence electrons. The molecule has 0 saturated heterocycles. The molecule has 2 N–H and O–H groups in total. The van der Waals surface area contributed by atoms with Gasteiger partial charge in [0.05, 0.1) is 6.54 Å². The third-order valence-corrected chi connectivity index (χ3v) is 1.62. The van der Waals surface area contributed by atoms with E-state index in [0.29, 0.717) is 12.4 Å². The van der Waals surface area contributed by atoms with Crippen LogP contribution in [0, 0.1) is 6.92 Å². The zero-order valence-corrected chi connectivity index (χ0v) is 7.60. The Kier molecular flexibility index (Phi) is 2.30. The summed E-state index contributed by atoms with van der Waals surface area (Å²) >= 11 is 0. The van der Waals surface area contributed by atoms with Crippen LogP contribution in [-0.2, 0) is 6.54 Å². The van der Waals surface area contributed by atoms with Crippen molar-refractivity contribution in [3.63, 3.8) is 0 Å². The van der Waals surface area contributed by atoms with Crippen molar-refractivity contribution in [2.75, 3.05) is 5.32 Å². The summed E-state index contributed by atoms with van der Waals surface area (Å²) in [4.78, 5) is 8.01. The van der Waals surface area contributed by atoms with Gasteiger partial charge < -0.3 is 5.32 Å². The average molecular weight is 191 g/mol. The van der Waals surface area contributed by atoms with Crippen molar-refractivity contribution in [2.45, 2.75) is 13.5 Å². The molecule has 0 saturated carbocycles. The third kappa shape index (κ3) is 2.00. The predicted octanol–water partition coefficient (Wildman–Crippen LogP) is -0.0898. The smallest absolute Gasteiger partial charge is 0.193 e. The number of rotatable bonds is 3. The standard InChI is InChI=1S/C7H9N7/c1-5-2-6(10-4-9-5)8-3-7-11-13-14-12-7/h2,4H,3H2,1H3,(H,8,9,10)(H,11,12,13,14). The van der Waals surface area contributed by atoms with E-state index in [4.69, 9.17) is 0 Å². The van der Waals surface area contributed by atoms with Crippen LogP contribution < -0.4 is 5.32 Å². The van der Waals surface area contributed by atoms with E-state index in [1.54, 1.807) is 0 Å². The molecule has 14 heavy (non-hydrogen) atoms. The number of aryl methyl sites for hydroxylation is 1. The summed E-state index contributed by atoms with van der Waals surface area (Å²) in [7, 11) is 0. The molecule has 2 aromatic rings. The Labute approximate surface area is 80.0 Å². The molecule has 7 nitrogen and oxygen atoms in total. The van der Waals surface area contributed by atoms with Gasteiger partial charge in [-0.1, -0.05) is 5.21 Å². The highest BCUT2D eigenvalue weighted by Crippen LogP contribution is 2.03. The molecule has 0 spiro atoms. The van der Waals surface area contributed by atoms with Crippen LogP contribution in [0.5, 0.6) is 0 Å². The molecular formula is C7H9N7. The number of aromatic amines is 1. The SMILES string of the molecule is Cc1cc(NCc2nn[nH]n2)ncn1. The van der Waals surface area contributed by atoms with Crippen LogP contribution in [0.3, 0.4) is 0 Å². The maximum atomic E-state index is 4.03. The average Bonchev–Trinajstić information content (AvgIpc) is 2.67. The maximum absolute atomic E-state index is 4.03. The Bertz CT molecular complexity index is 396. The summed E-state index contributed by atoms with van der Waals surface area (Å²) in [6.45, 7) is 2.40. The molecule has 0 aromatic carbocycles. The van der Waals surface area contributed by atoms with E-state index in [1.165, 1.54) is 6.33 Å². The lowest BCUT2D eigenvalue weighted by Gasteiger charge is -2.01. The van der Waals surface area contributed by atoms with E-state index in [-0.39, 0.29) is 0 Å². The van der Waals surface area contributed by atoms with Crippen LogP contribution >= 0.6 is 0 Å². The minimum atomic E-state index is 0.493. The lowest BCUT2D eigenvalue weighted by molar-refractivity contribution is 0.881. The van der Waals surface area contributed by atoms with Crippen molar-refractivity contribution in [1.82, 2.24) is 30.6 Å². The van der Waals surface area contributed by atoms with Crippen LogP contribution in [0.2, 0.25) is 0 Å². The fourth-order valence-corrected chi connectivity index (χ4v) is 0.978. The van der Waals surface area contributed by atoms with Crippen LogP contribution in [0.15, 0.2) is 12.4 Å². The molecule has 0 bridgehead atoms. The molecule has 2 aromatic heterocycles. The number of aromatic nitrogens is 6. The summed E-state index contributed by atoms with van der Waals surface area (Å²) in [6, 6.07) is 1.85. The number of tetrazole rings is 1. The number of nitrogens with one attached hydrogen (secondary N) is 2. The van der Waals surface area contributed by atoms with Crippen molar-refractivity contribution >= 4 is 5.82 Å². The quantitative estimate of drug-likeness (QED) is 0.704. The van der Waals surface area contributed by atoms with E-state index in [2.05, 4.69) is 35.9 Å². The normalized spacial score (nSPS) is 10.1. The molecule has 0 fully saturated rings. The highest BCUT2D eigenvalue weighted by atomic mass is 15.5. The van der Waals surface area contributed by atoms with Gasteiger partial charge in [-0.2, -0.15) is 5.21 Å². The molecule has 7 heteroatoms. The van der Waals surface area contributed by atoms with Crippen molar-refractivity contribution < 1.29 is 0 Å². The predicted molar refractivity (Wildman–Crippen MR) is 48.3 cm³/mol. The summed E-state index contributed by atoms with van der Waals surface area (Å²) in [5.74, 6) is 1.35. The Hall–Kier alpha value is -2.05. The van der Waals surface area contributed by atoms with Crippen LogP contribution in [0.1, 0.15) is 11.5 Å². The first-order chi connectivity index (χ1) is 6.84. The van der Waals surface area contributed by atoms with Crippen molar-refractivity contribution in [3.05, 3.63) is 23.9 Å². The Balaban J connectivity index is 1.98. The molecule has 0 radical (unpaired) electrons. The Morgan fingerprint density at radius 1 is 1.43 bits per heavy atom. The van der Waals surface area contributed by atoms with Crippen molar-refractivity contribution in [2.24, 2.45) is 0 Å². The second kappa shape index (κ2) is 3.77. The van der Waals surface area contributed by atoms with E-state index < -0.39 is 0 Å². The molecule has 0 atom stereocenters. The highest BCUT2D eigenvalue weighted by Gasteiger charge is 1.98. The minimum Gasteiger partial charge on any atom is -0.363 e. The Morgan fingerprint density at radius 3 is 3.07 bits per heavy atom. The lowest BCUT2D eigenvalue weighted by atomic mass is 10.4. The zero-order valence-electron chi connectivity index (χ0n) is 7.60. The van der Waals surface area contributed by atoms with Crippen molar-refractivity contribution in [1.29, 1.82) is 0 Å². The number of hydrogen-bond donors (Lipinski definition) is 2. The van der Waals surface area contributed by atoms with Gasteiger partial charge in [-0.05, 0) is 6.92 Å². The summed E-state index contributed by atoms with van der Waals surface area (Å²) in [5.41, 5.74) is 0.913. The Morgan fingerprint density at radius 2 is 2.36 bits per heavy atom. The first kappa shape index (κ1) is 8.54. The third-order valence-electron chi connectivity index (χ3n) is 1.62. The molecule has 0 aliphatic carbocycles. The first-order valence-electron chi connectivity index (χ1n) is 4.09. The number of nitrogens with zero attached hydrogens (tertiary/aromatic N) is 5. The van der Waals surface area contributed by atoms with E-state index in [0.717, 1.165) is 11.5 Å². The van der Waals surface area contributed by atoms with Gasteiger partial charge in [0.2, 0.25) is 0 Å². The highest BCUT2D eigenvalue weighted by molar-refractivity contribution is 5.34. The summed E-state index contributed by atoms with van der Waals surface area (Å²) < 4.78 is 0. The van der Waals surface area contributed by atoms with Crippen molar-refractivity contribution in [3.8, 4) is 0 Å². The molecule has 2 rings (SSSR count). The second-order valence-corrected chi connectivity index (χ2v) is 2.73. The molecule has 0 aliphatic heterocycles. The van der Waals surface area contributed by atoms with Gasteiger partial charge in [0.15, 0.2) is 5.82 Å². The zero-order chi connectivity index (χ0) is 9.80. The van der Waals surface area contributed by atoms with Gasteiger partial charge in [-0.15, -0.1) is 10.2 Å². The monoisotopic (exact) mass is 191 g/mol. The van der Waals surface area contributed by atoms with Gasteiger partial charge in [0.1, 0.15) is 12.1 Å². The summed E-state index contributed by atoms with van der Waals surface area (Å²) in [6.07, 6.45) is 1.51. The number of hydrogen-bond acceptors (Lipinski definition) is 6. The first-order valence-corrected chi connectivity index (χ1v) is 4.09. The summed E-state index contributed by atoms with van der Waals surface area (Å²) in [5, 5.41) is 16.5. The molecule has 0 aliphatic rings. The fourth-order valence-electron chi connectivity index (χ4n) is 0.978. The fraction of sp³-hybridized carbons (Fsp3) is 0.286. The van der Waals surface area contributed by atoms with E-state index >= 15 is 0 Å². The van der Waals surface area contributed by atoms with Gasteiger partial charge in [-0.25, -0.2) is 9.97 Å². The van der Waals surface area contributed by atoms with Crippen LogP contribution in [0.4, 0.5) is 5.82 Å². The largest absolute Gasteiger partial charge is 0.363 e. The molecule has 0 amide bonds. The molecule has 2 heterocycles. The molecular weight excluding hydrogens is 182 g/mol. The lowest BCUT2D eigenvalue weighted by Crippen LogP contribution is -2.03. The minimum absolute atomic E-state index is 0.493. The van der Waals surface area contributed by atoms with Gasteiger partial charge in [0.25, 0.3) is 0 Å². The van der Waals surface area contributed by atoms with Gasteiger partial charge in [-0.3, -0.25) is 0 Å². The van der Waals surface area contributed by atoms with E-state index in [9.17, 15) is 0 Å². The van der Waals surface area contributed by atoms with E-state index in [1.807, 2.05) is 13.0 Å². The molecule has 0 unspecified atom stereocenters. The van der Waals surface area contributed by atoms with Gasteiger partial charge in [0, 0.05) is 11.8 Å². The van der Waals surface area contributed by atoms with Crippen LogP contribution in [-0.4, -0.2) is 30.6 Å². The topological polar surface area (TPSA) is 92.3 Å². The van der Waals surface area contributed by atoms with Crippen LogP contribution in [0.25, 0.3) is 0 Å². The number of anilines is 1.